The van der Waals surface area contributed by atoms with Crippen molar-refractivity contribution < 1.29 is 18.3 Å². The smallest absolute Gasteiger partial charge is 0.305 e. The predicted octanol–water partition coefficient (Wildman–Crippen LogP) is 1.29. The maximum absolute atomic E-state index is 11.6. The zero-order chi connectivity index (χ0) is 13.9. The minimum absolute atomic E-state index is 0.188. The minimum atomic E-state index is -3.35. The van der Waals surface area contributed by atoms with Gasteiger partial charge in [-0.15, -0.1) is 11.8 Å². The van der Waals surface area contributed by atoms with Crippen molar-refractivity contribution >= 4 is 27.6 Å². The number of thioether (sulfide) groups is 1. The molecule has 0 spiro atoms. The molecular weight excluding hydrogens is 274 g/mol. The van der Waals surface area contributed by atoms with E-state index in [4.69, 9.17) is 10.8 Å². The molecule has 1 atom stereocenters. The molecule has 0 saturated carbocycles. The summed E-state index contributed by atoms with van der Waals surface area (Å²) in [5, 5.41) is 8.73. The van der Waals surface area contributed by atoms with Gasteiger partial charge < -0.3 is 10.8 Å². The Morgan fingerprint density at radius 1 is 1.50 bits per heavy atom. The van der Waals surface area contributed by atoms with E-state index in [-0.39, 0.29) is 11.3 Å². The van der Waals surface area contributed by atoms with Gasteiger partial charge in [0.15, 0.2) is 9.84 Å². The number of hydrogen-bond donors (Lipinski definition) is 2. The van der Waals surface area contributed by atoms with E-state index in [0.29, 0.717) is 10.5 Å². The monoisotopic (exact) mass is 289 g/mol. The number of sulfone groups is 1. The molecule has 1 aromatic rings. The highest BCUT2D eigenvalue weighted by molar-refractivity contribution is 7.99. The molecule has 0 amide bonds. The summed E-state index contributed by atoms with van der Waals surface area (Å²) in [6, 6.07) is 4.02. The van der Waals surface area contributed by atoms with Crippen molar-refractivity contribution in [3.8, 4) is 0 Å². The normalized spacial score (nSPS) is 13.3. The molecule has 0 heterocycles. The summed E-state index contributed by atoms with van der Waals surface area (Å²) in [5.74, 6) is -1.01. The number of aliphatic carboxylic acids is 1. The maximum atomic E-state index is 11.6. The molecule has 0 radical (unpaired) electrons. The average molecular weight is 289 g/mol. The van der Waals surface area contributed by atoms with Crippen LogP contribution in [0, 0.1) is 0 Å². The number of hydrogen-bond acceptors (Lipinski definition) is 5. The molecule has 3 N–H and O–H groups in total. The number of rotatable bonds is 5. The molecule has 0 aliphatic carbocycles. The number of carboxylic acid groups (broad SMARTS) is 1. The van der Waals surface area contributed by atoms with Crippen LogP contribution in [0.15, 0.2) is 28.0 Å². The van der Waals surface area contributed by atoms with Crippen LogP contribution in [0.5, 0.6) is 0 Å². The van der Waals surface area contributed by atoms with Gasteiger partial charge in [0.1, 0.15) is 0 Å². The first-order valence-corrected chi connectivity index (χ1v) is 8.23. The van der Waals surface area contributed by atoms with E-state index in [1.54, 1.807) is 18.4 Å². The average Bonchev–Trinajstić information content (AvgIpc) is 2.25. The molecule has 7 heteroatoms. The van der Waals surface area contributed by atoms with Gasteiger partial charge in [0.2, 0.25) is 0 Å². The maximum Gasteiger partial charge on any atom is 0.305 e. The van der Waals surface area contributed by atoms with Crippen LogP contribution in [0.25, 0.3) is 0 Å². The third-order valence-electron chi connectivity index (χ3n) is 2.41. The van der Waals surface area contributed by atoms with E-state index >= 15 is 0 Å². The topological polar surface area (TPSA) is 97.5 Å². The second-order valence-corrected chi connectivity index (χ2v) is 6.66. The van der Waals surface area contributed by atoms with Crippen LogP contribution >= 0.6 is 11.8 Å². The van der Waals surface area contributed by atoms with E-state index in [1.165, 1.54) is 17.8 Å². The Morgan fingerprint density at radius 3 is 2.56 bits per heavy atom. The summed E-state index contributed by atoms with van der Waals surface area (Å²) >= 11 is 1.25. The molecule has 5 nitrogen and oxygen atoms in total. The fourth-order valence-corrected chi connectivity index (χ4v) is 3.84. The molecule has 0 aliphatic rings. The van der Waals surface area contributed by atoms with Crippen molar-refractivity contribution in [2.45, 2.75) is 22.3 Å². The van der Waals surface area contributed by atoms with Gasteiger partial charge in [0.25, 0.3) is 0 Å². The fraction of sp³-hybridized carbons (Fsp3) is 0.364. The fourth-order valence-electron chi connectivity index (χ4n) is 1.63. The standard InChI is InChI=1S/C11H15NO4S2/c1-17-11-7(8(12)6-10(13)14)4-3-5-9(11)18(2,15)16/h3-5,8H,6,12H2,1-2H3,(H,13,14). The lowest BCUT2D eigenvalue weighted by Gasteiger charge is -2.16. The molecule has 18 heavy (non-hydrogen) atoms. The molecule has 100 valence electrons. The van der Waals surface area contributed by atoms with Crippen LogP contribution in [0.2, 0.25) is 0 Å². The second kappa shape index (κ2) is 5.73. The van der Waals surface area contributed by atoms with E-state index in [1.807, 2.05) is 0 Å². The van der Waals surface area contributed by atoms with Crippen LogP contribution < -0.4 is 5.73 Å². The Bertz CT molecular complexity index is 554. The van der Waals surface area contributed by atoms with Crippen molar-refractivity contribution in [3.05, 3.63) is 23.8 Å². The third kappa shape index (κ3) is 3.47. The van der Waals surface area contributed by atoms with Crippen molar-refractivity contribution in [1.82, 2.24) is 0 Å². The molecule has 0 saturated heterocycles. The van der Waals surface area contributed by atoms with Gasteiger partial charge in [-0.3, -0.25) is 4.79 Å². The highest BCUT2D eigenvalue weighted by atomic mass is 32.2. The Labute approximate surface area is 110 Å². The van der Waals surface area contributed by atoms with E-state index in [2.05, 4.69) is 0 Å². The summed E-state index contributed by atoms with van der Waals surface area (Å²) in [6.07, 6.45) is 2.62. The number of carboxylic acids is 1. The largest absolute Gasteiger partial charge is 0.481 e. The van der Waals surface area contributed by atoms with Gasteiger partial charge in [-0.1, -0.05) is 12.1 Å². The summed E-state index contributed by atoms with van der Waals surface area (Å²) in [4.78, 5) is 11.4. The van der Waals surface area contributed by atoms with Gasteiger partial charge in [-0.05, 0) is 17.9 Å². The van der Waals surface area contributed by atoms with Crippen LogP contribution in [-0.4, -0.2) is 32.0 Å². The zero-order valence-electron chi connectivity index (χ0n) is 10.1. The molecule has 0 bridgehead atoms. The number of nitrogens with two attached hydrogens (primary N) is 1. The first-order chi connectivity index (χ1) is 8.27. The summed E-state index contributed by atoms with van der Waals surface area (Å²) in [6.45, 7) is 0. The lowest BCUT2D eigenvalue weighted by Crippen LogP contribution is -2.17. The highest BCUT2D eigenvalue weighted by Crippen LogP contribution is 2.32. The van der Waals surface area contributed by atoms with Gasteiger partial charge in [-0.2, -0.15) is 0 Å². The number of benzene rings is 1. The second-order valence-electron chi connectivity index (χ2n) is 3.86. The van der Waals surface area contributed by atoms with E-state index in [9.17, 15) is 13.2 Å². The highest BCUT2D eigenvalue weighted by Gasteiger charge is 2.20. The third-order valence-corrected chi connectivity index (χ3v) is 4.54. The van der Waals surface area contributed by atoms with Crippen LogP contribution in [-0.2, 0) is 14.6 Å². The first-order valence-electron chi connectivity index (χ1n) is 5.11. The van der Waals surface area contributed by atoms with Crippen LogP contribution in [0.4, 0.5) is 0 Å². The molecule has 1 unspecified atom stereocenters. The summed E-state index contributed by atoms with van der Waals surface area (Å²) in [7, 11) is -3.35. The van der Waals surface area contributed by atoms with Crippen molar-refractivity contribution in [1.29, 1.82) is 0 Å². The summed E-state index contributed by atoms with van der Waals surface area (Å²) in [5.41, 5.74) is 6.34. The van der Waals surface area contributed by atoms with Crippen LogP contribution in [0.1, 0.15) is 18.0 Å². The van der Waals surface area contributed by atoms with E-state index < -0.39 is 21.8 Å². The summed E-state index contributed by atoms with van der Waals surface area (Å²) < 4.78 is 23.3. The van der Waals surface area contributed by atoms with Gasteiger partial charge in [0.05, 0.1) is 11.3 Å². The number of carbonyl (C=O) groups is 1. The molecule has 0 aliphatic heterocycles. The Hall–Kier alpha value is -1.05. The molecule has 0 fully saturated rings. The van der Waals surface area contributed by atoms with Crippen molar-refractivity contribution in [3.63, 3.8) is 0 Å². The van der Waals surface area contributed by atoms with Gasteiger partial charge >= 0.3 is 5.97 Å². The Morgan fingerprint density at radius 2 is 2.11 bits per heavy atom. The lowest BCUT2D eigenvalue weighted by molar-refractivity contribution is -0.137. The van der Waals surface area contributed by atoms with Gasteiger partial charge in [-0.25, -0.2) is 8.42 Å². The van der Waals surface area contributed by atoms with Gasteiger partial charge in [0, 0.05) is 17.2 Å². The SMILES string of the molecule is CSc1c(C(N)CC(=O)O)cccc1S(C)(=O)=O. The lowest BCUT2D eigenvalue weighted by atomic mass is 10.0. The molecule has 0 aromatic heterocycles. The predicted molar refractivity (Wildman–Crippen MR) is 70.5 cm³/mol. The molecule has 1 rings (SSSR count). The Kier molecular flexibility index (Phi) is 4.78. The quantitative estimate of drug-likeness (QED) is 0.793. The first kappa shape index (κ1) is 15.0. The van der Waals surface area contributed by atoms with Crippen LogP contribution in [0.3, 0.4) is 0 Å². The van der Waals surface area contributed by atoms with Crippen molar-refractivity contribution in [2.24, 2.45) is 5.73 Å². The Balaban J connectivity index is 3.34. The molecule has 1 aromatic carbocycles. The minimum Gasteiger partial charge on any atom is -0.481 e. The van der Waals surface area contributed by atoms with Crippen molar-refractivity contribution in [2.75, 3.05) is 12.5 Å². The van der Waals surface area contributed by atoms with E-state index in [0.717, 1.165) is 6.26 Å². The zero-order valence-corrected chi connectivity index (χ0v) is 11.7. The molecular formula is C11H15NO4S2.